The van der Waals surface area contributed by atoms with E-state index in [0.717, 1.165) is 32.7 Å². The summed E-state index contributed by atoms with van der Waals surface area (Å²) >= 11 is 6.38. The number of carbonyl (C=O) groups is 1. The molecule has 26 heavy (non-hydrogen) atoms. The zero-order valence-electron chi connectivity index (χ0n) is 16.5. The number of ether oxygens (including phenoxy) is 2. The summed E-state index contributed by atoms with van der Waals surface area (Å²) < 4.78 is 11.2. The summed E-state index contributed by atoms with van der Waals surface area (Å²) in [6.07, 6.45) is 0. The standard InChI is InChI=1S/C20H31ClN2O3/c1-14(2)12-22-6-8-23(9-7-22)20(24)16-10-17(21)19(18(11-16)25-5)26-13-15(3)4/h10-11,14-15H,6-9,12-13H2,1-5H3. The van der Waals surface area contributed by atoms with Gasteiger partial charge in [-0.15, -0.1) is 0 Å². The van der Waals surface area contributed by atoms with E-state index < -0.39 is 0 Å². The Bertz CT molecular complexity index is 611. The van der Waals surface area contributed by atoms with E-state index in [2.05, 4.69) is 32.6 Å². The van der Waals surface area contributed by atoms with Crippen LogP contribution in [0.2, 0.25) is 5.02 Å². The summed E-state index contributed by atoms with van der Waals surface area (Å²) in [4.78, 5) is 17.2. The SMILES string of the molecule is COc1cc(C(=O)N2CCN(CC(C)C)CC2)cc(Cl)c1OCC(C)C. The minimum absolute atomic E-state index is 0.00944. The molecule has 146 valence electrons. The van der Waals surface area contributed by atoms with Gasteiger partial charge in [-0.25, -0.2) is 0 Å². The van der Waals surface area contributed by atoms with Crippen LogP contribution in [0.4, 0.5) is 0 Å². The van der Waals surface area contributed by atoms with Crippen molar-refractivity contribution in [3.8, 4) is 11.5 Å². The van der Waals surface area contributed by atoms with E-state index in [9.17, 15) is 4.79 Å². The Morgan fingerprint density at radius 1 is 1.12 bits per heavy atom. The molecule has 0 aromatic heterocycles. The summed E-state index contributed by atoms with van der Waals surface area (Å²) in [5.41, 5.74) is 0.543. The van der Waals surface area contributed by atoms with E-state index in [4.69, 9.17) is 21.1 Å². The fourth-order valence-corrected chi connectivity index (χ4v) is 3.33. The zero-order chi connectivity index (χ0) is 19.3. The Balaban J connectivity index is 2.08. The molecule has 0 aliphatic carbocycles. The lowest BCUT2D eigenvalue weighted by Crippen LogP contribution is -2.49. The Labute approximate surface area is 162 Å². The van der Waals surface area contributed by atoms with Crippen LogP contribution in [0.15, 0.2) is 12.1 Å². The second kappa shape index (κ2) is 9.47. The van der Waals surface area contributed by atoms with Gasteiger partial charge in [0.1, 0.15) is 0 Å². The number of hydrogen-bond acceptors (Lipinski definition) is 4. The van der Waals surface area contributed by atoms with Crippen molar-refractivity contribution in [1.82, 2.24) is 9.80 Å². The van der Waals surface area contributed by atoms with E-state index in [0.29, 0.717) is 40.5 Å². The summed E-state index contributed by atoms with van der Waals surface area (Å²) in [6, 6.07) is 3.41. The van der Waals surface area contributed by atoms with Crippen LogP contribution >= 0.6 is 11.6 Å². The highest BCUT2D eigenvalue weighted by Gasteiger charge is 2.24. The Kier molecular flexibility index (Phi) is 7.59. The van der Waals surface area contributed by atoms with E-state index >= 15 is 0 Å². The number of methoxy groups -OCH3 is 1. The first-order chi connectivity index (χ1) is 12.3. The minimum Gasteiger partial charge on any atom is -0.493 e. The third kappa shape index (κ3) is 5.52. The minimum atomic E-state index is -0.00944. The molecule has 0 saturated carbocycles. The van der Waals surface area contributed by atoms with Crippen LogP contribution in [-0.4, -0.2) is 62.1 Å². The number of benzene rings is 1. The predicted molar refractivity (Wildman–Crippen MR) is 106 cm³/mol. The van der Waals surface area contributed by atoms with Gasteiger partial charge < -0.3 is 14.4 Å². The first kappa shape index (κ1) is 20.8. The van der Waals surface area contributed by atoms with Crippen LogP contribution in [0.3, 0.4) is 0 Å². The highest BCUT2D eigenvalue weighted by Crippen LogP contribution is 2.37. The van der Waals surface area contributed by atoms with Gasteiger partial charge in [0, 0.05) is 38.3 Å². The van der Waals surface area contributed by atoms with Gasteiger partial charge in [0.25, 0.3) is 5.91 Å². The van der Waals surface area contributed by atoms with E-state index in [1.807, 2.05) is 4.90 Å². The molecule has 0 atom stereocenters. The maximum absolute atomic E-state index is 12.9. The second-order valence-electron chi connectivity index (χ2n) is 7.68. The number of amides is 1. The molecule has 0 N–H and O–H groups in total. The van der Waals surface area contributed by atoms with Crippen LogP contribution in [0, 0.1) is 11.8 Å². The van der Waals surface area contributed by atoms with Crippen molar-refractivity contribution >= 4 is 17.5 Å². The lowest BCUT2D eigenvalue weighted by atomic mass is 10.1. The van der Waals surface area contributed by atoms with Crippen molar-refractivity contribution in [2.75, 3.05) is 46.4 Å². The molecule has 2 rings (SSSR count). The van der Waals surface area contributed by atoms with E-state index in [-0.39, 0.29) is 5.91 Å². The number of rotatable bonds is 7. The average Bonchev–Trinajstić information content (AvgIpc) is 2.59. The van der Waals surface area contributed by atoms with Crippen molar-refractivity contribution in [3.05, 3.63) is 22.7 Å². The van der Waals surface area contributed by atoms with Gasteiger partial charge in [-0.05, 0) is 24.0 Å². The molecular formula is C20H31ClN2O3. The maximum Gasteiger partial charge on any atom is 0.254 e. The summed E-state index contributed by atoms with van der Waals surface area (Å²) in [5.74, 6) is 2.00. The van der Waals surface area contributed by atoms with Gasteiger partial charge in [-0.1, -0.05) is 39.3 Å². The number of hydrogen-bond donors (Lipinski definition) is 0. The van der Waals surface area contributed by atoms with Crippen LogP contribution in [-0.2, 0) is 0 Å². The summed E-state index contributed by atoms with van der Waals surface area (Å²) in [5, 5.41) is 0.409. The largest absolute Gasteiger partial charge is 0.493 e. The molecule has 1 aliphatic heterocycles. The lowest BCUT2D eigenvalue weighted by molar-refractivity contribution is 0.0623. The highest BCUT2D eigenvalue weighted by atomic mass is 35.5. The monoisotopic (exact) mass is 382 g/mol. The third-order valence-corrected chi connectivity index (χ3v) is 4.60. The molecule has 0 radical (unpaired) electrons. The van der Waals surface area contributed by atoms with Gasteiger partial charge in [0.2, 0.25) is 0 Å². The van der Waals surface area contributed by atoms with E-state index in [1.165, 1.54) is 0 Å². The highest BCUT2D eigenvalue weighted by molar-refractivity contribution is 6.32. The predicted octanol–water partition coefficient (Wildman–Crippen LogP) is 3.80. The quantitative estimate of drug-likeness (QED) is 0.719. The summed E-state index contributed by atoms with van der Waals surface area (Å²) in [7, 11) is 1.56. The van der Waals surface area contributed by atoms with E-state index in [1.54, 1.807) is 19.2 Å². The lowest BCUT2D eigenvalue weighted by Gasteiger charge is -2.35. The molecule has 0 spiro atoms. The van der Waals surface area contributed by atoms with Crippen LogP contribution < -0.4 is 9.47 Å². The normalized spacial score (nSPS) is 15.6. The van der Waals surface area contributed by atoms with Gasteiger partial charge >= 0.3 is 0 Å². The van der Waals surface area contributed by atoms with Gasteiger partial charge in [0.05, 0.1) is 18.7 Å². The first-order valence-corrected chi connectivity index (χ1v) is 9.71. The van der Waals surface area contributed by atoms with Crippen molar-refractivity contribution in [2.45, 2.75) is 27.7 Å². The topological polar surface area (TPSA) is 42.0 Å². The molecule has 1 aromatic rings. The molecule has 1 aliphatic rings. The fraction of sp³-hybridized carbons (Fsp3) is 0.650. The van der Waals surface area contributed by atoms with Gasteiger partial charge in [-0.2, -0.15) is 0 Å². The Hall–Kier alpha value is -1.46. The van der Waals surface area contributed by atoms with Crippen LogP contribution in [0.25, 0.3) is 0 Å². The fourth-order valence-electron chi connectivity index (χ4n) is 3.07. The molecule has 1 fully saturated rings. The van der Waals surface area contributed by atoms with Crippen molar-refractivity contribution in [2.24, 2.45) is 11.8 Å². The van der Waals surface area contributed by atoms with Crippen molar-refractivity contribution < 1.29 is 14.3 Å². The third-order valence-electron chi connectivity index (χ3n) is 4.32. The van der Waals surface area contributed by atoms with Crippen LogP contribution in [0.5, 0.6) is 11.5 Å². The molecular weight excluding hydrogens is 352 g/mol. The average molecular weight is 383 g/mol. The zero-order valence-corrected chi connectivity index (χ0v) is 17.3. The number of piperazine rings is 1. The first-order valence-electron chi connectivity index (χ1n) is 9.33. The maximum atomic E-state index is 12.9. The smallest absolute Gasteiger partial charge is 0.254 e. The molecule has 1 amide bonds. The van der Waals surface area contributed by atoms with Crippen LogP contribution in [0.1, 0.15) is 38.1 Å². The number of nitrogens with zero attached hydrogens (tertiary/aromatic N) is 2. The summed E-state index contributed by atoms with van der Waals surface area (Å²) in [6.45, 7) is 13.5. The van der Waals surface area contributed by atoms with Crippen molar-refractivity contribution in [3.63, 3.8) is 0 Å². The number of halogens is 1. The molecule has 5 nitrogen and oxygen atoms in total. The number of carbonyl (C=O) groups excluding carboxylic acids is 1. The van der Waals surface area contributed by atoms with Gasteiger partial charge in [0.15, 0.2) is 11.5 Å². The molecule has 1 heterocycles. The van der Waals surface area contributed by atoms with Gasteiger partial charge in [-0.3, -0.25) is 9.69 Å². The molecule has 0 unspecified atom stereocenters. The molecule has 0 bridgehead atoms. The molecule has 1 saturated heterocycles. The Morgan fingerprint density at radius 3 is 2.31 bits per heavy atom. The molecule has 1 aromatic carbocycles. The van der Waals surface area contributed by atoms with Crippen molar-refractivity contribution in [1.29, 1.82) is 0 Å². The second-order valence-corrected chi connectivity index (χ2v) is 8.09. The molecule has 6 heteroatoms. The Morgan fingerprint density at radius 2 is 1.77 bits per heavy atom.